The summed E-state index contributed by atoms with van der Waals surface area (Å²) < 4.78 is 11.5. The number of carbonyl (C=O) groups is 1. The molecule has 0 aliphatic carbocycles. The first-order chi connectivity index (χ1) is 20.2. The number of urea groups is 1. The number of aromatic nitrogens is 4. The summed E-state index contributed by atoms with van der Waals surface area (Å²) >= 11 is 1.70. The standard InChI is InChI=1S/C29H32N8O3S/c38-29(32-17-20-7-9-30-10-8-20)33-22-3-1-21(2-4-22)26-34-27(24-18-31-11-14-40-24)36-28(35-26)25-6-5-23(41-25)19-37-12-15-39-16-13-37/h1-10,24,31H,11-19H2,(H2,32,33,38). The molecule has 11 nitrogen and oxygen atoms in total. The molecule has 0 radical (unpaired) electrons. The number of nitrogens with one attached hydrogen (secondary N) is 3. The largest absolute Gasteiger partial charge is 0.379 e. The van der Waals surface area contributed by atoms with E-state index in [9.17, 15) is 4.79 Å². The molecule has 212 valence electrons. The van der Waals surface area contributed by atoms with Gasteiger partial charge in [-0.2, -0.15) is 0 Å². The minimum atomic E-state index is -0.285. The highest BCUT2D eigenvalue weighted by atomic mass is 32.1. The zero-order chi connectivity index (χ0) is 27.9. The number of amides is 2. The van der Waals surface area contributed by atoms with Gasteiger partial charge in [-0.1, -0.05) is 0 Å². The highest BCUT2D eigenvalue weighted by Crippen LogP contribution is 2.30. The zero-order valence-corrected chi connectivity index (χ0v) is 23.4. The number of benzene rings is 1. The molecule has 12 heteroatoms. The fourth-order valence-corrected chi connectivity index (χ4v) is 5.61. The topological polar surface area (TPSA) is 126 Å². The lowest BCUT2D eigenvalue weighted by molar-refractivity contribution is 0.0221. The Hall–Kier alpha value is -3.81. The second-order valence-electron chi connectivity index (χ2n) is 9.80. The summed E-state index contributed by atoms with van der Waals surface area (Å²) in [6, 6.07) is 15.2. The SMILES string of the molecule is O=C(NCc1ccncc1)Nc1ccc(-c2nc(-c3ccc(CN4CCOCC4)s3)nc(C3CNCCO3)n2)cc1. The first-order valence-electron chi connectivity index (χ1n) is 13.7. The summed E-state index contributed by atoms with van der Waals surface area (Å²) in [6.45, 7) is 6.79. The lowest BCUT2D eigenvalue weighted by Gasteiger charge is -2.25. The third-order valence-electron chi connectivity index (χ3n) is 6.84. The number of morpholine rings is 2. The monoisotopic (exact) mass is 572 g/mol. The predicted molar refractivity (Wildman–Crippen MR) is 156 cm³/mol. The summed E-state index contributed by atoms with van der Waals surface area (Å²) in [6.07, 6.45) is 3.15. The Morgan fingerprint density at radius 1 is 0.976 bits per heavy atom. The minimum Gasteiger partial charge on any atom is -0.379 e. The van der Waals surface area contributed by atoms with Crippen molar-refractivity contribution in [3.8, 4) is 22.1 Å². The Labute approximate surface area is 242 Å². The maximum absolute atomic E-state index is 12.4. The lowest BCUT2D eigenvalue weighted by Crippen LogP contribution is -2.35. The van der Waals surface area contributed by atoms with Gasteiger partial charge in [-0.05, 0) is 54.1 Å². The highest BCUT2D eigenvalue weighted by Gasteiger charge is 2.22. The molecular formula is C29H32N8O3S. The number of thiophene rings is 1. The van der Waals surface area contributed by atoms with Crippen LogP contribution in [0.25, 0.3) is 22.1 Å². The van der Waals surface area contributed by atoms with Crippen LogP contribution in [-0.2, 0) is 22.6 Å². The molecule has 3 aromatic heterocycles. The molecule has 0 bridgehead atoms. The van der Waals surface area contributed by atoms with Crippen LogP contribution in [0.15, 0.2) is 60.9 Å². The molecule has 2 saturated heterocycles. The molecule has 2 fully saturated rings. The van der Waals surface area contributed by atoms with E-state index in [1.165, 1.54) is 4.88 Å². The number of nitrogens with zero attached hydrogens (tertiary/aromatic N) is 5. The van der Waals surface area contributed by atoms with Crippen LogP contribution in [0.5, 0.6) is 0 Å². The van der Waals surface area contributed by atoms with E-state index in [-0.39, 0.29) is 12.1 Å². The second kappa shape index (κ2) is 13.2. The van der Waals surface area contributed by atoms with E-state index in [0.717, 1.165) is 55.4 Å². The molecule has 2 amide bonds. The molecule has 2 aliphatic heterocycles. The van der Waals surface area contributed by atoms with Gasteiger partial charge in [-0.25, -0.2) is 19.7 Å². The van der Waals surface area contributed by atoms with E-state index < -0.39 is 0 Å². The first-order valence-corrected chi connectivity index (χ1v) is 14.5. The Morgan fingerprint density at radius 3 is 2.56 bits per heavy atom. The second-order valence-corrected chi connectivity index (χ2v) is 11.0. The third-order valence-corrected chi connectivity index (χ3v) is 7.90. The van der Waals surface area contributed by atoms with Gasteiger partial charge in [0.2, 0.25) is 0 Å². The number of anilines is 1. The van der Waals surface area contributed by atoms with Crippen molar-refractivity contribution in [3.63, 3.8) is 0 Å². The van der Waals surface area contributed by atoms with Crippen molar-refractivity contribution in [2.24, 2.45) is 0 Å². The molecule has 2 aliphatic rings. The molecule has 6 rings (SSSR count). The van der Waals surface area contributed by atoms with Crippen LogP contribution in [0.1, 0.15) is 22.4 Å². The summed E-state index contributed by atoms with van der Waals surface area (Å²) in [4.78, 5) is 35.5. The minimum absolute atomic E-state index is 0.248. The maximum atomic E-state index is 12.4. The predicted octanol–water partition coefficient (Wildman–Crippen LogP) is 3.48. The Balaban J connectivity index is 1.19. The van der Waals surface area contributed by atoms with Crippen molar-refractivity contribution in [1.82, 2.24) is 35.5 Å². The van der Waals surface area contributed by atoms with Crippen LogP contribution in [-0.4, -0.2) is 76.9 Å². The van der Waals surface area contributed by atoms with Crippen molar-refractivity contribution >= 4 is 23.1 Å². The van der Waals surface area contributed by atoms with E-state index in [4.69, 9.17) is 24.4 Å². The molecule has 0 spiro atoms. The van der Waals surface area contributed by atoms with Crippen molar-refractivity contribution in [2.45, 2.75) is 19.2 Å². The number of ether oxygens (including phenoxy) is 2. The Kier molecular flexibility index (Phi) is 8.83. The van der Waals surface area contributed by atoms with Gasteiger partial charge in [0.15, 0.2) is 17.5 Å². The van der Waals surface area contributed by atoms with Crippen molar-refractivity contribution in [3.05, 3.63) is 77.2 Å². The number of pyridine rings is 1. The maximum Gasteiger partial charge on any atom is 0.319 e. The van der Waals surface area contributed by atoms with Gasteiger partial charge in [-0.3, -0.25) is 9.88 Å². The number of rotatable bonds is 8. The summed E-state index contributed by atoms with van der Waals surface area (Å²) in [7, 11) is 0. The van der Waals surface area contributed by atoms with Gasteiger partial charge in [0.1, 0.15) is 6.10 Å². The Bertz CT molecular complexity index is 1440. The molecule has 3 N–H and O–H groups in total. The van der Waals surface area contributed by atoms with Gasteiger partial charge in [-0.15, -0.1) is 11.3 Å². The van der Waals surface area contributed by atoms with E-state index in [2.05, 4.69) is 38.0 Å². The van der Waals surface area contributed by atoms with Crippen molar-refractivity contribution in [2.75, 3.05) is 51.3 Å². The molecule has 4 aromatic rings. The van der Waals surface area contributed by atoms with Crippen molar-refractivity contribution in [1.29, 1.82) is 0 Å². The molecule has 0 saturated carbocycles. The van der Waals surface area contributed by atoms with E-state index in [1.807, 2.05) is 36.4 Å². The number of carbonyl (C=O) groups excluding carboxylic acids is 1. The smallest absolute Gasteiger partial charge is 0.319 e. The summed E-state index contributed by atoms with van der Waals surface area (Å²) in [5, 5.41) is 9.08. The molecule has 1 unspecified atom stereocenters. The van der Waals surface area contributed by atoms with E-state index >= 15 is 0 Å². The molecule has 41 heavy (non-hydrogen) atoms. The molecule has 5 heterocycles. The highest BCUT2D eigenvalue weighted by molar-refractivity contribution is 7.15. The lowest BCUT2D eigenvalue weighted by atomic mass is 10.2. The third kappa shape index (κ3) is 7.29. The molecule has 1 atom stereocenters. The van der Waals surface area contributed by atoms with Crippen LogP contribution in [0.3, 0.4) is 0 Å². The molecule has 1 aromatic carbocycles. The van der Waals surface area contributed by atoms with Crippen LogP contribution in [0.2, 0.25) is 0 Å². The number of hydrogen-bond acceptors (Lipinski definition) is 10. The molecular weight excluding hydrogens is 540 g/mol. The Morgan fingerprint density at radius 2 is 1.78 bits per heavy atom. The summed E-state index contributed by atoms with van der Waals surface area (Å²) in [5.74, 6) is 1.81. The van der Waals surface area contributed by atoms with Gasteiger partial charge in [0, 0.05) is 67.8 Å². The first kappa shape index (κ1) is 27.4. The van der Waals surface area contributed by atoms with Gasteiger partial charge < -0.3 is 25.4 Å². The van der Waals surface area contributed by atoms with Gasteiger partial charge in [0.25, 0.3) is 0 Å². The van der Waals surface area contributed by atoms with Crippen LogP contribution in [0, 0.1) is 0 Å². The quantitative estimate of drug-likeness (QED) is 0.291. The fraction of sp³-hybridized carbons (Fsp3) is 0.345. The van der Waals surface area contributed by atoms with Crippen molar-refractivity contribution < 1.29 is 14.3 Å². The van der Waals surface area contributed by atoms with Crippen LogP contribution >= 0.6 is 11.3 Å². The fourth-order valence-electron chi connectivity index (χ4n) is 4.63. The van der Waals surface area contributed by atoms with E-state index in [1.54, 1.807) is 23.7 Å². The van der Waals surface area contributed by atoms with Crippen LogP contribution < -0.4 is 16.0 Å². The van der Waals surface area contributed by atoms with Crippen LogP contribution in [0.4, 0.5) is 10.5 Å². The normalized spacial score (nSPS) is 17.7. The zero-order valence-electron chi connectivity index (χ0n) is 22.6. The van der Waals surface area contributed by atoms with Gasteiger partial charge in [0.05, 0.1) is 24.7 Å². The average molecular weight is 573 g/mol. The number of hydrogen-bond donors (Lipinski definition) is 3. The summed E-state index contributed by atoms with van der Waals surface area (Å²) in [5.41, 5.74) is 2.47. The van der Waals surface area contributed by atoms with Gasteiger partial charge >= 0.3 is 6.03 Å². The van der Waals surface area contributed by atoms with E-state index in [0.29, 0.717) is 42.9 Å². The average Bonchev–Trinajstić information content (AvgIpc) is 3.50.